The van der Waals surface area contributed by atoms with Crippen LogP contribution in [0.15, 0.2) is 27.3 Å². The van der Waals surface area contributed by atoms with Crippen molar-refractivity contribution in [3.63, 3.8) is 0 Å². The van der Waals surface area contributed by atoms with E-state index in [0.717, 1.165) is 27.8 Å². The van der Waals surface area contributed by atoms with Gasteiger partial charge < -0.3 is 19.7 Å². The Morgan fingerprint density at radius 2 is 1.83 bits per heavy atom. The number of anilines is 1. The van der Waals surface area contributed by atoms with Gasteiger partial charge in [0, 0.05) is 16.5 Å². The minimum absolute atomic E-state index is 0.283. The van der Waals surface area contributed by atoms with E-state index in [1.807, 2.05) is 12.1 Å². The summed E-state index contributed by atoms with van der Waals surface area (Å²) in [4.78, 5) is 0. The third-order valence-electron chi connectivity index (χ3n) is 2.73. The van der Waals surface area contributed by atoms with E-state index in [1.165, 1.54) is 0 Å². The molecule has 2 N–H and O–H groups in total. The number of rotatable bonds is 1. The standard InChI is InChI=1S/C12H11BrN2O3/c13-9-5-11-10(16-2-1-3-17-11)4-7(9)8-6-15-18-12(8)14/h4-6H,1-3,14H2. The van der Waals surface area contributed by atoms with Gasteiger partial charge in [0.15, 0.2) is 11.5 Å². The molecule has 2 heterocycles. The lowest BCUT2D eigenvalue weighted by Gasteiger charge is -2.10. The van der Waals surface area contributed by atoms with E-state index >= 15 is 0 Å². The van der Waals surface area contributed by atoms with E-state index in [4.69, 9.17) is 19.7 Å². The van der Waals surface area contributed by atoms with Crippen LogP contribution in [0.5, 0.6) is 11.5 Å². The van der Waals surface area contributed by atoms with Crippen molar-refractivity contribution in [3.8, 4) is 22.6 Å². The summed E-state index contributed by atoms with van der Waals surface area (Å²) in [6.07, 6.45) is 2.45. The highest BCUT2D eigenvalue weighted by Crippen LogP contribution is 2.41. The Morgan fingerprint density at radius 1 is 1.11 bits per heavy atom. The number of ether oxygens (including phenoxy) is 2. The zero-order valence-corrected chi connectivity index (χ0v) is 11.1. The Morgan fingerprint density at radius 3 is 2.50 bits per heavy atom. The van der Waals surface area contributed by atoms with Gasteiger partial charge >= 0.3 is 0 Å². The summed E-state index contributed by atoms with van der Waals surface area (Å²) in [7, 11) is 0. The molecule has 1 aliphatic heterocycles. The molecule has 18 heavy (non-hydrogen) atoms. The molecule has 0 saturated carbocycles. The highest BCUT2D eigenvalue weighted by Gasteiger charge is 2.17. The van der Waals surface area contributed by atoms with Crippen LogP contribution in [0.25, 0.3) is 11.1 Å². The van der Waals surface area contributed by atoms with E-state index in [1.54, 1.807) is 6.20 Å². The van der Waals surface area contributed by atoms with Crippen LogP contribution >= 0.6 is 15.9 Å². The quantitative estimate of drug-likeness (QED) is 0.877. The number of halogens is 1. The molecule has 2 aromatic rings. The molecule has 0 spiro atoms. The Bertz CT molecular complexity index is 583. The molecule has 0 unspecified atom stereocenters. The fourth-order valence-corrected chi connectivity index (χ4v) is 2.38. The van der Waals surface area contributed by atoms with Gasteiger partial charge in [-0.2, -0.15) is 0 Å². The summed E-state index contributed by atoms with van der Waals surface area (Å²) >= 11 is 3.50. The number of benzene rings is 1. The fourth-order valence-electron chi connectivity index (χ4n) is 1.84. The molecule has 3 rings (SSSR count). The Hall–Kier alpha value is -1.69. The lowest BCUT2D eigenvalue weighted by molar-refractivity contribution is 0.297. The van der Waals surface area contributed by atoms with Crippen molar-refractivity contribution in [3.05, 3.63) is 22.8 Å². The van der Waals surface area contributed by atoms with E-state index in [2.05, 4.69) is 21.1 Å². The molecule has 1 aromatic heterocycles. The Balaban J connectivity index is 2.11. The molecular formula is C12H11BrN2O3. The summed E-state index contributed by atoms with van der Waals surface area (Å²) in [6, 6.07) is 3.76. The topological polar surface area (TPSA) is 70.5 Å². The maximum Gasteiger partial charge on any atom is 0.229 e. The smallest absolute Gasteiger partial charge is 0.229 e. The molecule has 5 nitrogen and oxygen atoms in total. The zero-order chi connectivity index (χ0) is 12.5. The third-order valence-corrected chi connectivity index (χ3v) is 3.38. The normalized spacial score (nSPS) is 14.3. The Kier molecular flexibility index (Phi) is 2.87. The Labute approximate surface area is 112 Å². The first-order chi connectivity index (χ1) is 8.75. The maximum atomic E-state index is 5.73. The van der Waals surface area contributed by atoms with Crippen molar-refractivity contribution in [1.82, 2.24) is 5.16 Å². The van der Waals surface area contributed by atoms with Gasteiger partial charge in [0.2, 0.25) is 5.88 Å². The number of aromatic nitrogens is 1. The van der Waals surface area contributed by atoms with Gasteiger partial charge in [0.1, 0.15) is 0 Å². The van der Waals surface area contributed by atoms with Crippen LogP contribution in [0.2, 0.25) is 0 Å². The average molecular weight is 311 g/mol. The van der Waals surface area contributed by atoms with Gasteiger partial charge in [0.05, 0.1) is 25.0 Å². The van der Waals surface area contributed by atoms with Gasteiger partial charge in [-0.15, -0.1) is 0 Å². The minimum Gasteiger partial charge on any atom is -0.490 e. The highest BCUT2D eigenvalue weighted by atomic mass is 79.9. The molecule has 6 heteroatoms. The van der Waals surface area contributed by atoms with Gasteiger partial charge in [-0.3, -0.25) is 0 Å². The molecule has 1 aromatic carbocycles. The van der Waals surface area contributed by atoms with Gasteiger partial charge in [-0.25, -0.2) is 0 Å². The summed E-state index contributed by atoms with van der Waals surface area (Å²) in [5.74, 6) is 1.73. The molecule has 1 aliphatic rings. The van der Waals surface area contributed by atoms with Crippen LogP contribution in [-0.4, -0.2) is 18.4 Å². The molecule has 0 fully saturated rings. The van der Waals surface area contributed by atoms with E-state index in [-0.39, 0.29) is 5.88 Å². The van der Waals surface area contributed by atoms with Crippen molar-refractivity contribution in [1.29, 1.82) is 0 Å². The minimum atomic E-state index is 0.283. The zero-order valence-electron chi connectivity index (χ0n) is 9.48. The van der Waals surface area contributed by atoms with Crippen LogP contribution in [0.3, 0.4) is 0 Å². The molecule has 0 radical (unpaired) electrons. The van der Waals surface area contributed by atoms with Crippen molar-refractivity contribution < 1.29 is 14.0 Å². The van der Waals surface area contributed by atoms with Gasteiger partial charge in [-0.1, -0.05) is 21.1 Å². The van der Waals surface area contributed by atoms with E-state index in [9.17, 15) is 0 Å². The SMILES string of the molecule is Nc1oncc1-c1cc2c(cc1Br)OCCCO2. The monoisotopic (exact) mass is 310 g/mol. The molecule has 0 aliphatic carbocycles. The third kappa shape index (κ3) is 1.92. The van der Waals surface area contributed by atoms with Gasteiger partial charge in [0.25, 0.3) is 0 Å². The second-order valence-corrected chi connectivity index (χ2v) is 4.79. The summed E-state index contributed by atoms with van der Waals surface area (Å²) in [5.41, 5.74) is 7.33. The van der Waals surface area contributed by atoms with Crippen molar-refractivity contribution in [2.24, 2.45) is 0 Å². The van der Waals surface area contributed by atoms with E-state index < -0.39 is 0 Å². The lowest BCUT2D eigenvalue weighted by Crippen LogP contribution is -1.97. The number of nitrogens with two attached hydrogens (primary N) is 1. The summed E-state index contributed by atoms with van der Waals surface area (Å²) in [6.45, 7) is 1.31. The van der Waals surface area contributed by atoms with Crippen molar-refractivity contribution in [2.75, 3.05) is 18.9 Å². The van der Waals surface area contributed by atoms with E-state index in [0.29, 0.717) is 19.0 Å². The van der Waals surface area contributed by atoms with Crippen LogP contribution < -0.4 is 15.2 Å². The predicted octanol–water partition coefficient (Wildman–Crippen LogP) is 2.85. The number of hydrogen-bond acceptors (Lipinski definition) is 5. The van der Waals surface area contributed by atoms with Crippen LogP contribution in [-0.2, 0) is 0 Å². The lowest BCUT2D eigenvalue weighted by atomic mass is 10.1. The van der Waals surface area contributed by atoms with Gasteiger partial charge in [-0.05, 0) is 12.1 Å². The molecular weight excluding hydrogens is 300 g/mol. The first kappa shape index (κ1) is 11.4. The summed E-state index contributed by atoms with van der Waals surface area (Å²) in [5, 5.41) is 3.68. The molecule has 94 valence electrons. The predicted molar refractivity (Wildman–Crippen MR) is 69.7 cm³/mol. The van der Waals surface area contributed by atoms with Crippen LogP contribution in [0.4, 0.5) is 5.88 Å². The second kappa shape index (κ2) is 4.53. The molecule has 0 saturated heterocycles. The second-order valence-electron chi connectivity index (χ2n) is 3.93. The fraction of sp³-hybridized carbons (Fsp3) is 0.250. The van der Waals surface area contributed by atoms with Crippen molar-refractivity contribution in [2.45, 2.75) is 6.42 Å². The number of nitrogens with zero attached hydrogens (tertiary/aromatic N) is 1. The van der Waals surface area contributed by atoms with Crippen LogP contribution in [0, 0.1) is 0 Å². The maximum absolute atomic E-state index is 5.73. The first-order valence-electron chi connectivity index (χ1n) is 5.55. The average Bonchev–Trinajstić information content (AvgIpc) is 2.64. The number of nitrogen functional groups attached to an aromatic ring is 1. The number of fused-ring (bicyclic) bond motifs is 1. The van der Waals surface area contributed by atoms with Crippen LogP contribution in [0.1, 0.15) is 6.42 Å². The molecule has 0 amide bonds. The first-order valence-corrected chi connectivity index (χ1v) is 6.34. The van der Waals surface area contributed by atoms with Crippen molar-refractivity contribution >= 4 is 21.8 Å². The molecule has 0 bridgehead atoms. The highest BCUT2D eigenvalue weighted by molar-refractivity contribution is 9.10. The summed E-state index contributed by atoms with van der Waals surface area (Å²) < 4.78 is 17.0. The largest absolute Gasteiger partial charge is 0.490 e. The molecule has 0 atom stereocenters. The number of hydrogen-bond donors (Lipinski definition) is 1.